The van der Waals surface area contributed by atoms with Crippen molar-refractivity contribution in [3.05, 3.63) is 155 Å². The Bertz CT molecular complexity index is 1880. The predicted octanol–water partition coefficient (Wildman–Crippen LogP) is 8.06. The molecule has 0 atom stereocenters. The van der Waals surface area contributed by atoms with Crippen molar-refractivity contribution < 1.29 is 18.7 Å². The maximum absolute atomic E-state index is 13.6. The minimum absolute atomic E-state index is 0.286. The summed E-state index contributed by atoms with van der Waals surface area (Å²) in [6.45, 7) is 0.904. The van der Waals surface area contributed by atoms with Crippen LogP contribution in [0.25, 0.3) is 22.0 Å². The molecule has 4 aromatic carbocycles. The topological polar surface area (TPSA) is 64.5 Å². The van der Waals surface area contributed by atoms with Gasteiger partial charge in [-0.2, -0.15) is 0 Å². The van der Waals surface area contributed by atoms with E-state index in [1.165, 1.54) is 12.1 Å². The molecule has 0 saturated carbocycles. The first kappa shape index (κ1) is 29.7. The predicted molar refractivity (Wildman–Crippen MR) is 174 cm³/mol. The Morgan fingerprint density at radius 1 is 0.800 bits per heavy atom. The van der Waals surface area contributed by atoms with Crippen LogP contribution in [0.15, 0.2) is 122 Å². The van der Waals surface area contributed by atoms with Gasteiger partial charge in [0.15, 0.2) is 12.0 Å². The van der Waals surface area contributed by atoms with E-state index in [9.17, 15) is 9.18 Å². The molecule has 0 spiro atoms. The number of nitrogens with zero attached hydrogens (tertiary/aromatic N) is 3. The van der Waals surface area contributed by atoms with Gasteiger partial charge in [-0.3, -0.25) is 14.7 Å². The first-order valence-corrected chi connectivity index (χ1v) is 14.6. The van der Waals surface area contributed by atoms with E-state index >= 15 is 0 Å². The number of fused-ring (bicyclic) bond motifs is 1. The van der Waals surface area contributed by atoms with Crippen molar-refractivity contribution in [3.63, 3.8) is 0 Å². The zero-order valence-electron chi connectivity index (χ0n) is 25.1. The Kier molecular flexibility index (Phi) is 8.89. The van der Waals surface area contributed by atoms with Crippen LogP contribution >= 0.6 is 0 Å². The summed E-state index contributed by atoms with van der Waals surface area (Å²) in [6, 6.07) is 33.9. The van der Waals surface area contributed by atoms with E-state index in [4.69, 9.17) is 14.5 Å². The van der Waals surface area contributed by atoms with E-state index in [-0.39, 0.29) is 5.82 Å². The molecular weight excluding hydrogens is 565 g/mol. The van der Waals surface area contributed by atoms with Gasteiger partial charge in [0.2, 0.25) is 5.88 Å². The zero-order valence-corrected chi connectivity index (χ0v) is 25.1. The molecule has 6 rings (SSSR count). The van der Waals surface area contributed by atoms with Gasteiger partial charge >= 0.3 is 0 Å². The molecule has 0 saturated heterocycles. The van der Waals surface area contributed by atoms with Crippen LogP contribution in [0, 0.1) is 5.82 Å². The number of hydrogen-bond donors (Lipinski definition) is 0. The van der Waals surface area contributed by atoms with E-state index < -0.39 is 6.10 Å². The molecule has 0 fully saturated rings. The minimum Gasteiger partial charge on any atom is -0.481 e. The standard InChI is InChI=1S/C38H32FN3O3/c1-42(23-26-17-19-29(39)20-18-26)24-32-33(25-43)37(45-36(27-11-5-3-6-12-27)28-13-7-4-8-14-28)35-30(15-9-21-40-35)34(32)31-16-10-22-41-38(31)44-2/h3-22,25,36H,23-24H2,1-2H3. The molecule has 0 amide bonds. The molecule has 6 nitrogen and oxygen atoms in total. The summed E-state index contributed by atoms with van der Waals surface area (Å²) in [5.41, 5.74) is 6.05. The average molecular weight is 598 g/mol. The second-order valence-corrected chi connectivity index (χ2v) is 10.8. The van der Waals surface area contributed by atoms with Gasteiger partial charge in [-0.25, -0.2) is 9.37 Å². The molecule has 6 aromatic rings. The van der Waals surface area contributed by atoms with E-state index in [2.05, 4.69) is 9.88 Å². The van der Waals surface area contributed by atoms with Crippen molar-refractivity contribution in [3.8, 4) is 22.8 Å². The molecule has 7 heteroatoms. The van der Waals surface area contributed by atoms with E-state index in [1.807, 2.05) is 92.0 Å². The Balaban J connectivity index is 1.58. The summed E-state index contributed by atoms with van der Waals surface area (Å²) in [6.07, 6.45) is 3.73. The zero-order chi connectivity index (χ0) is 31.2. The van der Waals surface area contributed by atoms with Crippen LogP contribution in [-0.2, 0) is 13.1 Å². The molecule has 0 bridgehead atoms. The number of benzene rings is 4. The molecule has 0 aliphatic rings. The third-order valence-electron chi connectivity index (χ3n) is 7.75. The first-order chi connectivity index (χ1) is 22.1. The maximum Gasteiger partial charge on any atom is 0.221 e. The smallest absolute Gasteiger partial charge is 0.221 e. The number of rotatable bonds is 11. The number of aromatic nitrogens is 2. The van der Waals surface area contributed by atoms with Crippen LogP contribution in [-0.4, -0.2) is 35.3 Å². The Morgan fingerprint density at radius 3 is 2.09 bits per heavy atom. The molecule has 0 aliphatic heterocycles. The molecule has 0 aliphatic carbocycles. The summed E-state index contributed by atoms with van der Waals surface area (Å²) >= 11 is 0. The Labute approximate surface area is 261 Å². The summed E-state index contributed by atoms with van der Waals surface area (Å²) in [5, 5.41) is 0.800. The molecule has 0 unspecified atom stereocenters. The van der Waals surface area contributed by atoms with Gasteiger partial charge in [-0.05, 0) is 59.6 Å². The van der Waals surface area contributed by atoms with Crippen molar-refractivity contribution in [2.45, 2.75) is 19.2 Å². The van der Waals surface area contributed by atoms with E-state index in [1.54, 1.807) is 31.6 Å². The van der Waals surface area contributed by atoms with E-state index in [0.29, 0.717) is 35.8 Å². The minimum atomic E-state index is -0.500. The lowest BCUT2D eigenvalue weighted by Crippen LogP contribution is -2.20. The molecule has 2 aromatic heterocycles. The summed E-state index contributed by atoms with van der Waals surface area (Å²) in [5.74, 6) is 0.544. The number of pyridine rings is 2. The molecule has 224 valence electrons. The lowest BCUT2D eigenvalue weighted by molar-refractivity contribution is 0.111. The fourth-order valence-corrected chi connectivity index (χ4v) is 5.74. The average Bonchev–Trinajstić information content (AvgIpc) is 3.09. The molecule has 45 heavy (non-hydrogen) atoms. The van der Waals surface area contributed by atoms with Gasteiger partial charge in [0.05, 0.1) is 12.7 Å². The van der Waals surface area contributed by atoms with Crippen LogP contribution in [0.4, 0.5) is 4.39 Å². The van der Waals surface area contributed by atoms with Gasteiger partial charge in [0, 0.05) is 42.0 Å². The Hall–Kier alpha value is -5.40. The number of hydrogen-bond acceptors (Lipinski definition) is 6. The fourth-order valence-electron chi connectivity index (χ4n) is 5.74. The van der Waals surface area contributed by atoms with Gasteiger partial charge in [0.1, 0.15) is 17.4 Å². The highest BCUT2D eigenvalue weighted by atomic mass is 19.1. The van der Waals surface area contributed by atoms with Crippen LogP contribution in [0.2, 0.25) is 0 Å². The van der Waals surface area contributed by atoms with E-state index in [0.717, 1.165) is 45.1 Å². The number of ether oxygens (including phenoxy) is 2. The summed E-state index contributed by atoms with van der Waals surface area (Å²) in [7, 11) is 3.54. The van der Waals surface area contributed by atoms with Crippen LogP contribution in [0.5, 0.6) is 11.6 Å². The van der Waals surface area contributed by atoms with Crippen LogP contribution < -0.4 is 9.47 Å². The third kappa shape index (κ3) is 6.30. The quantitative estimate of drug-likeness (QED) is 0.141. The van der Waals surface area contributed by atoms with Gasteiger partial charge in [-0.1, -0.05) is 78.9 Å². The Morgan fingerprint density at radius 2 is 1.44 bits per heavy atom. The fraction of sp³-hybridized carbons (Fsp3) is 0.132. The maximum atomic E-state index is 13.6. The second kappa shape index (κ2) is 13.5. The highest BCUT2D eigenvalue weighted by molar-refractivity contribution is 6.06. The number of carbonyl (C=O) groups excluding carboxylic acids is 1. The summed E-state index contributed by atoms with van der Waals surface area (Å²) in [4.78, 5) is 24.6. The third-order valence-corrected chi connectivity index (χ3v) is 7.75. The number of methoxy groups -OCH3 is 1. The molecule has 2 heterocycles. The van der Waals surface area contributed by atoms with Crippen molar-refractivity contribution in [2.24, 2.45) is 0 Å². The van der Waals surface area contributed by atoms with Crippen molar-refractivity contribution in [2.75, 3.05) is 14.2 Å². The lowest BCUT2D eigenvalue weighted by Gasteiger charge is -2.27. The van der Waals surface area contributed by atoms with Crippen molar-refractivity contribution >= 4 is 17.2 Å². The molecular formula is C38H32FN3O3. The number of carbonyl (C=O) groups is 1. The normalized spacial score (nSPS) is 11.2. The second-order valence-electron chi connectivity index (χ2n) is 10.8. The first-order valence-electron chi connectivity index (χ1n) is 14.6. The molecule has 0 radical (unpaired) electrons. The molecule has 0 N–H and O–H groups in total. The van der Waals surface area contributed by atoms with Crippen molar-refractivity contribution in [1.29, 1.82) is 0 Å². The van der Waals surface area contributed by atoms with Gasteiger partial charge < -0.3 is 9.47 Å². The highest BCUT2D eigenvalue weighted by Crippen LogP contribution is 2.44. The van der Waals surface area contributed by atoms with Gasteiger partial charge in [-0.15, -0.1) is 0 Å². The van der Waals surface area contributed by atoms with Crippen molar-refractivity contribution in [1.82, 2.24) is 14.9 Å². The van der Waals surface area contributed by atoms with Crippen LogP contribution in [0.3, 0.4) is 0 Å². The highest BCUT2D eigenvalue weighted by Gasteiger charge is 2.27. The monoisotopic (exact) mass is 597 g/mol. The number of halogens is 1. The number of aldehydes is 1. The van der Waals surface area contributed by atoms with Gasteiger partial charge in [0.25, 0.3) is 0 Å². The van der Waals surface area contributed by atoms with Crippen LogP contribution in [0.1, 0.15) is 38.7 Å². The largest absolute Gasteiger partial charge is 0.481 e. The summed E-state index contributed by atoms with van der Waals surface area (Å²) < 4.78 is 26.3. The SMILES string of the molecule is COc1ncccc1-c1c(CN(C)Cc2ccc(F)cc2)c(C=O)c(OC(c2ccccc2)c2ccccc2)c2ncccc12. The lowest BCUT2D eigenvalue weighted by atomic mass is 9.90.